The first-order valence-corrected chi connectivity index (χ1v) is 8.80. The molecule has 0 bridgehead atoms. The molecule has 1 atom stereocenters. The standard InChI is InChI=1S/C21H21N3O4/c1-3-15-4-8-18(9-5-15)24-20(26)14(2)28-21(27)16-6-10-17(11-7-16)23-19(25)12-13-22/h4-11,14H,3,12H2,1-2H3,(H,23,25)(H,24,26)/t14-/m0/s1. The predicted octanol–water partition coefficient (Wildman–Crippen LogP) is 3.29. The van der Waals surface area contributed by atoms with Crippen LogP contribution in [0.25, 0.3) is 0 Å². The normalized spacial score (nSPS) is 11.0. The Morgan fingerprint density at radius 2 is 1.57 bits per heavy atom. The van der Waals surface area contributed by atoms with Crippen molar-refractivity contribution in [2.75, 3.05) is 10.6 Å². The highest BCUT2D eigenvalue weighted by atomic mass is 16.5. The van der Waals surface area contributed by atoms with E-state index in [2.05, 4.69) is 10.6 Å². The number of nitrogens with one attached hydrogen (secondary N) is 2. The number of hydrogen-bond donors (Lipinski definition) is 2. The molecule has 2 N–H and O–H groups in total. The first-order valence-electron chi connectivity index (χ1n) is 8.80. The molecule has 2 rings (SSSR count). The van der Waals surface area contributed by atoms with Crippen molar-refractivity contribution in [1.29, 1.82) is 5.26 Å². The molecule has 28 heavy (non-hydrogen) atoms. The maximum absolute atomic E-state index is 12.2. The van der Waals surface area contributed by atoms with Crippen LogP contribution in [-0.2, 0) is 20.7 Å². The summed E-state index contributed by atoms with van der Waals surface area (Å²) in [4.78, 5) is 35.8. The Labute approximate surface area is 163 Å². The Balaban J connectivity index is 1.90. The Hall–Kier alpha value is -3.66. The monoisotopic (exact) mass is 379 g/mol. The number of aryl methyl sites for hydroxylation is 1. The van der Waals surface area contributed by atoms with Crippen LogP contribution in [0.4, 0.5) is 11.4 Å². The lowest BCUT2D eigenvalue weighted by Crippen LogP contribution is -2.30. The minimum absolute atomic E-state index is 0.241. The molecule has 7 heteroatoms. The molecule has 144 valence electrons. The molecule has 0 radical (unpaired) electrons. The van der Waals surface area contributed by atoms with Crippen LogP contribution in [0.15, 0.2) is 48.5 Å². The van der Waals surface area contributed by atoms with Gasteiger partial charge in [-0.15, -0.1) is 0 Å². The summed E-state index contributed by atoms with van der Waals surface area (Å²) in [6.45, 7) is 3.53. The molecule has 0 unspecified atom stereocenters. The molecule has 0 saturated carbocycles. The van der Waals surface area contributed by atoms with E-state index in [4.69, 9.17) is 10.00 Å². The van der Waals surface area contributed by atoms with Gasteiger partial charge in [0.2, 0.25) is 5.91 Å². The number of amides is 2. The number of rotatable bonds is 7. The Bertz CT molecular complexity index is 883. The van der Waals surface area contributed by atoms with E-state index in [9.17, 15) is 14.4 Å². The van der Waals surface area contributed by atoms with Gasteiger partial charge in [0.15, 0.2) is 6.10 Å². The van der Waals surface area contributed by atoms with E-state index < -0.39 is 23.9 Å². The average molecular weight is 379 g/mol. The second kappa shape index (κ2) is 9.88. The van der Waals surface area contributed by atoms with Crippen LogP contribution in [0.1, 0.15) is 36.2 Å². The van der Waals surface area contributed by atoms with Crippen LogP contribution < -0.4 is 10.6 Å². The highest BCUT2D eigenvalue weighted by Gasteiger charge is 2.19. The number of benzene rings is 2. The highest BCUT2D eigenvalue weighted by molar-refractivity contribution is 5.98. The van der Waals surface area contributed by atoms with Gasteiger partial charge < -0.3 is 15.4 Å². The van der Waals surface area contributed by atoms with Gasteiger partial charge in [0, 0.05) is 11.4 Å². The van der Waals surface area contributed by atoms with Gasteiger partial charge in [0.05, 0.1) is 11.6 Å². The number of ether oxygens (including phenoxy) is 1. The first kappa shape index (κ1) is 20.6. The summed E-state index contributed by atoms with van der Waals surface area (Å²) >= 11 is 0. The van der Waals surface area contributed by atoms with Crippen LogP contribution in [0.3, 0.4) is 0 Å². The minimum atomic E-state index is -0.978. The number of hydrogen-bond acceptors (Lipinski definition) is 5. The Kier molecular flexibility index (Phi) is 7.28. The number of anilines is 2. The summed E-state index contributed by atoms with van der Waals surface area (Å²) in [6.07, 6.45) is -0.325. The zero-order valence-electron chi connectivity index (χ0n) is 15.7. The zero-order valence-corrected chi connectivity index (χ0v) is 15.7. The van der Waals surface area contributed by atoms with Crippen molar-refractivity contribution >= 4 is 29.2 Å². The average Bonchev–Trinajstić information content (AvgIpc) is 2.69. The summed E-state index contributed by atoms with van der Waals surface area (Å²) in [5.41, 5.74) is 2.48. The van der Waals surface area contributed by atoms with Gasteiger partial charge >= 0.3 is 5.97 Å². The van der Waals surface area contributed by atoms with E-state index in [1.165, 1.54) is 31.2 Å². The highest BCUT2D eigenvalue weighted by Crippen LogP contribution is 2.13. The largest absolute Gasteiger partial charge is 0.449 e. The molecule has 0 aliphatic carbocycles. The zero-order chi connectivity index (χ0) is 20.5. The van der Waals surface area contributed by atoms with Gasteiger partial charge in [0.25, 0.3) is 5.91 Å². The summed E-state index contributed by atoms with van der Waals surface area (Å²) in [5, 5.41) is 13.7. The second-order valence-corrected chi connectivity index (χ2v) is 6.05. The number of carbonyl (C=O) groups excluding carboxylic acids is 3. The lowest BCUT2D eigenvalue weighted by atomic mass is 10.1. The summed E-state index contributed by atoms with van der Waals surface area (Å²) in [6, 6.07) is 15.2. The van der Waals surface area contributed by atoms with Crippen molar-refractivity contribution in [3.63, 3.8) is 0 Å². The lowest BCUT2D eigenvalue weighted by Gasteiger charge is -2.14. The van der Waals surface area contributed by atoms with Crippen molar-refractivity contribution in [3.8, 4) is 6.07 Å². The van der Waals surface area contributed by atoms with Crippen LogP contribution in [0, 0.1) is 11.3 Å². The molecule has 0 heterocycles. The second-order valence-electron chi connectivity index (χ2n) is 6.05. The Morgan fingerprint density at radius 3 is 2.14 bits per heavy atom. The third kappa shape index (κ3) is 5.95. The summed E-state index contributed by atoms with van der Waals surface area (Å²) in [7, 11) is 0. The van der Waals surface area contributed by atoms with Crippen molar-refractivity contribution in [1.82, 2.24) is 0 Å². The fourth-order valence-electron chi connectivity index (χ4n) is 2.32. The SMILES string of the molecule is CCc1ccc(NC(=O)[C@H](C)OC(=O)c2ccc(NC(=O)CC#N)cc2)cc1. The van der Waals surface area contributed by atoms with E-state index in [1.807, 2.05) is 19.1 Å². The number of esters is 1. The molecule has 0 aliphatic rings. The van der Waals surface area contributed by atoms with Gasteiger partial charge in [-0.25, -0.2) is 4.79 Å². The van der Waals surface area contributed by atoms with Crippen LogP contribution in [-0.4, -0.2) is 23.9 Å². The van der Waals surface area contributed by atoms with E-state index in [0.29, 0.717) is 11.4 Å². The summed E-state index contributed by atoms with van der Waals surface area (Å²) in [5.74, 6) is -1.52. The van der Waals surface area contributed by atoms with Crippen LogP contribution in [0.5, 0.6) is 0 Å². The number of carbonyl (C=O) groups is 3. The van der Waals surface area contributed by atoms with Gasteiger partial charge in [0.1, 0.15) is 6.42 Å². The summed E-state index contributed by atoms with van der Waals surface area (Å²) < 4.78 is 5.19. The van der Waals surface area contributed by atoms with Crippen molar-refractivity contribution in [2.24, 2.45) is 0 Å². The maximum Gasteiger partial charge on any atom is 0.338 e. The molecule has 0 saturated heterocycles. The molecular formula is C21H21N3O4. The third-order valence-corrected chi connectivity index (χ3v) is 3.93. The van der Waals surface area contributed by atoms with E-state index in [0.717, 1.165) is 12.0 Å². The van der Waals surface area contributed by atoms with Gasteiger partial charge in [-0.1, -0.05) is 19.1 Å². The molecule has 2 aromatic carbocycles. The van der Waals surface area contributed by atoms with Crippen molar-refractivity contribution in [3.05, 3.63) is 59.7 Å². The molecule has 2 amide bonds. The maximum atomic E-state index is 12.2. The molecule has 0 fully saturated rings. The molecule has 0 aliphatic heterocycles. The molecular weight excluding hydrogens is 358 g/mol. The molecule has 0 spiro atoms. The van der Waals surface area contributed by atoms with Gasteiger partial charge in [-0.2, -0.15) is 5.26 Å². The molecule has 0 aromatic heterocycles. The first-order chi connectivity index (χ1) is 13.4. The smallest absolute Gasteiger partial charge is 0.338 e. The molecule has 2 aromatic rings. The molecule has 7 nitrogen and oxygen atoms in total. The van der Waals surface area contributed by atoms with Crippen molar-refractivity contribution in [2.45, 2.75) is 32.8 Å². The Morgan fingerprint density at radius 1 is 1.00 bits per heavy atom. The van der Waals surface area contributed by atoms with Crippen LogP contribution >= 0.6 is 0 Å². The van der Waals surface area contributed by atoms with E-state index >= 15 is 0 Å². The number of nitriles is 1. The van der Waals surface area contributed by atoms with Crippen LogP contribution in [0.2, 0.25) is 0 Å². The fourth-order valence-corrected chi connectivity index (χ4v) is 2.32. The van der Waals surface area contributed by atoms with E-state index in [1.54, 1.807) is 18.2 Å². The van der Waals surface area contributed by atoms with Gasteiger partial charge in [-0.3, -0.25) is 9.59 Å². The van der Waals surface area contributed by atoms with Crippen molar-refractivity contribution < 1.29 is 19.1 Å². The topological polar surface area (TPSA) is 108 Å². The quantitative estimate of drug-likeness (QED) is 0.718. The lowest BCUT2D eigenvalue weighted by molar-refractivity contribution is -0.123. The third-order valence-electron chi connectivity index (χ3n) is 3.93. The predicted molar refractivity (Wildman–Crippen MR) is 105 cm³/mol. The van der Waals surface area contributed by atoms with Gasteiger partial charge in [-0.05, 0) is 55.3 Å². The minimum Gasteiger partial charge on any atom is -0.449 e. The number of nitrogens with zero attached hydrogens (tertiary/aromatic N) is 1. The van der Waals surface area contributed by atoms with E-state index in [-0.39, 0.29) is 12.0 Å². The fraction of sp³-hybridized carbons (Fsp3) is 0.238.